The summed E-state index contributed by atoms with van der Waals surface area (Å²) < 4.78 is 16.9. The van der Waals surface area contributed by atoms with Crippen LogP contribution in [0, 0.1) is 22.7 Å². The zero-order valence-corrected chi connectivity index (χ0v) is 14.1. The number of benzene rings is 1. The van der Waals surface area contributed by atoms with Gasteiger partial charge in [0.25, 0.3) is 11.1 Å². The van der Waals surface area contributed by atoms with Crippen molar-refractivity contribution < 1.29 is 18.7 Å². The maximum atomic E-state index is 11.9. The summed E-state index contributed by atoms with van der Waals surface area (Å²) in [5.74, 6) is 0.0700. The maximum absolute atomic E-state index is 11.9. The molecular weight excluding hydrogens is 344 g/mol. The van der Waals surface area contributed by atoms with Crippen LogP contribution in [0.25, 0.3) is 0 Å². The lowest BCUT2D eigenvalue weighted by Gasteiger charge is -2.23. The molecule has 25 heavy (non-hydrogen) atoms. The number of ketones is 1. The SMILES string of the molecule is CC(=N)C(C#N)C(=O)CSc1nnc([C@H]2COc3ccccc3O2)o1. The molecule has 9 heteroatoms. The Bertz CT molecular complexity index is 845. The van der Waals surface area contributed by atoms with E-state index in [4.69, 9.17) is 24.6 Å². The highest BCUT2D eigenvalue weighted by Crippen LogP contribution is 2.35. The highest BCUT2D eigenvalue weighted by Gasteiger charge is 2.28. The van der Waals surface area contributed by atoms with E-state index < -0.39 is 12.0 Å². The van der Waals surface area contributed by atoms with E-state index in [1.54, 1.807) is 6.07 Å². The molecule has 128 valence electrons. The van der Waals surface area contributed by atoms with Crippen LogP contribution >= 0.6 is 11.8 Å². The van der Waals surface area contributed by atoms with E-state index in [1.165, 1.54) is 6.92 Å². The van der Waals surface area contributed by atoms with Gasteiger partial charge in [-0.1, -0.05) is 23.9 Å². The first-order chi connectivity index (χ1) is 12.1. The van der Waals surface area contributed by atoms with Crippen molar-refractivity contribution in [3.8, 4) is 17.6 Å². The first-order valence-electron chi connectivity index (χ1n) is 7.40. The zero-order chi connectivity index (χ0) is 17.8. The number of rotatable bonds is 6. The van der Waals surface area contributed by atoms with Gasteiger partial charge in [-0.05, 0) is 19.1 Å². The molecule has 0 amide bonds. The number of Topliss-reactive ketones (excluding diaryl/α,β-unsaturated/α-hetero) is 1. The van der Waals surface area contributed by atoms with Crippen molar-refractivity contribution in [2.24, 2.45) is 5.92 Å². The lowest BCUT2D eigenvalue weighted by molar-refractivity contribution is -0.117. The monoisotopic (exact) mass is 358 g/mol. The summed E-state index contributed by atoms with van der Waals surface area (Å²) in [6.45, 7) is 1.67. The van der Waals surface area contributed by atoms with Crippen molar-refractivity contribution in [1.29, 1.82) is 10.7 Å². The molecule has 2 heterocycles. The molecule has 8 nitrogen and oxygen atoms in total. The van der Waals surface area contributed by atoms with Crippen LogP contribution in [0.15, 0.2) is 33.9 Å². The second-order valence-electron chi connectivity index (χ2n) is 5.27. The molecule has 1 aromatic carbocycles. The van der Waals surface area contributed by atoms with E-state index in [1.807, 2.05) is 24.3 Å². The van der Waals surface area contributed by atoms with Gasteiger partial charge in [-0.15, -0.1) is 10.2 Å². The first-order valence-corrected chi connectivity index (χ1v) is 8.39. The largest absolute Gasteiger partial charge is 0.485 e. The van der Waals surface area contributed by atoms with Gasteiger partial charge in [0.2, 0.25) is 6.10 Å². The van der Waals surface area contributed by atoms with Crippen LogP contribution in [0.2, 0.25) is 0 Å². The summed E-state index contributed by atoms with van der Waals surface area (Å²) in [5.41, 5.74) is 0.0192. The standard InChI is InChI=1S/C16H14N4O4S/c1-9(18)10(6-17)11(21)8-25-16-20-19-15(24-16)14-7-22-12-4-2-3-5-13(12)23-14/h2-5,10,14,18H,7-8H2,1H3/t10?,14-/m1/s1. The third-order valence-electron chi connectivity index (χ3n) is 3.43. The van der Waals surface area contributed by atoms with E-state index in [0.717, 1.165) is 11.8 Å². The number of hydrogen-bond acceptors (Lipinski definition) is 9. The molecule has 2 aromatic rings. The summed E-state index contributed by atoms with van der Waals surface area (Å²) in [7, 11) is 0. The number of nitriles is 1. The van der Waals surface area contributed by atoms with E-state index in [0.29, 0.717) is 11.5 Å². The molecule has 0 saturated heterocycles. The maximum Gasteiger partial charge on any atom is 0.277 e. The highest BCUT2D eigenvalue weighted by atomic mass is 32.2. The number of carbonyl (C=O) groups is 1. The Balaban J connectivity index is 1.61. The number of aromatic nitrogens is 2. The van der Waals surface area contributed by atoms with E-state index >= 15 is 0 Å². The molecular formula is C16H14N4O4S. The number of nitrogens with zero attached hydrogens (tertiary/aromatic N) is 3. The number of fused-ring (bicyclic) bond motifs is 1. The van der Waals surface area contributed by atoms with E-state index in [2.05, 4.69) is 10.2 Å². The van der Waals surface area contributed by atoms with Crippen molar-refractivity contribution in [3.63, 3.8) is 0 Å². The molecule has 1 aliphatic heterocycles. The van der Waals surface area contributed by atoms with Crippen LogP contribution < -0.4 is 9.47 Å². The summed E-state index contributed by atoms with van der Waals surface area (Å²) in [6.07, 6.45) is -0.525. The molecule has 0 bridgehead atoms. The minimum absolute atomic E-state index is 0.0192. The van der Waals surface area contributed by atoms with Crippen molar-refractivity contribution in [2.45, 2.75) is 18.3 Å². The summed E-state index contributed by atoms with van der Waals surface area (Å²) in [4.78, 5) is 11.9. The topological polar surface area (TPSA) is 122 Å². The van der Waals surface area contributed by atoms with Crippen molar-refractivity contribution in [1.82, 2.24) is 10.2 Å². The summed E-state index contributed by atoms with van der Waals surface area (Å²) >= 11 is 1.03. The van der Waals surface area contributed by atoms with Crippen LogP contribution in [-0.4, -0.2) is 34.1 Å². The molecule has 3 rings (SSSR count). The van der Waals surface area contributed by atoms with Crippen LogP contribution in [0.5, 0.6) is 11.5 Å². The molecule has 0 aliphatic carbocycles. The smallest absolute Gasteiger partial charge is 0.277 e. The van der Waals surface area contributed by atoms with Gasteiger partial charge in [0.1, 0.15) is 12.5 Å². The van der Waals surface area contributed by atoms with Gasteiger partial charge in [0, 0.05) is 5.71 Å². The van der Waals surface area contributed by atoms with Gasteiger partial charge < -0.3 is 19.3 Å². The van der Waals surface area contributed by atoms with Crippen molar-refractivity contribution in [3.05, 3.63) is 30.2 Å². The molecule has 0 spiro atoms. The highest BCUT2D eigenvalue weighted by molar-refractivity contribution is 7.99. The molecule has 1 aromatic heterocycles. The molecule has 0 radical (unpaired) electrons. The molecule has 1 aliphatic rings. The number of hydrogen-bond donors (Lipinski definition) is 1. The number of thioether (sulfide) groups is 1. The van der Waals surface area contributed by atoms with Crippen LogP contribution in [0.1, 0.15) is 18.9 Å². The normalized spacial score (nSPS) is 16.7. The average Bonchev–Trinajstić information content (AvgIpc) is 3.09. The molecule has 0 fully saturated rings. The second-order valence-corrected chi connectivity index (χ2v) is 6.20. The number of para-hydroxylation sites is 2. The second kappa shape index (κ2) is 7.36. The Kier molecular flexibility index (Phi) is 5.00. The van der Waals surface area contributed by atoms with Gasteiger partial charge in [0.05, 0.1) is 11.8 Å². The predicted molar refractivity (Wildman–Crippen MR) is 87.8 cm³/mol. The lowest BCUT2D eigenvalue weighted by Crippen LogP contribution is -2.21. The van der Waals surface area contributed by atoms with Crippen LogP contribution in [0.3, 0.4) is 0 Å². The minimum Gasteiger partial charge on any atom is -0.485 e. The summed E-state index contributed by atoms with van der Waals surface area (Å²) in [5, 5.41) is 24.3. The average molecular weight is 358 g/mol. The predicted octanol–water partition coefficient (Wildman–Crippen LogP) is 2.42. The van der Waals surface area contributed by atoms with Crippen LogP contribution in [0.4, 0.5) is 0 Å². The van der Waals surface area contributed by atoms with Gasteiger partial charge in [0.15, 0.2) is 17.3 Å². The van der Waals surface area contributed by atoms with Gasteiger partial charge >= 0.3 is 0 Å². The Labute approximate surface area is 147 Å². The Morgan fingerprint density at radius 3 is 2.92 bits per heavy atom. The third-order valence-corrected chi connectivity index (χ3v) is 4.27. The van der Waals surface area contributed by atoms with E-state index in [-0.39, 0.29) is 35.0 Å². The van der Waals surface area contributed by atoms with Gasteiger partial charge in [-0.25, -0.2) is 0 Å². The van der Waals surface area contributed by atoms with Gasteiger partial charge in [-0.2, -0.15) is 5.26 Å². The zero-order valence-electron chi connectivity index (χ0n) is 13.3. The Hall–Kier alpha value is -2.86. The fourth-order valence-corrected chi connectivity index (χ4v) is 2.85. The number of carbonyl (C=O) groups excluding carboxylic acids is 1. The molecule has 0 saturated carbocycles. The fourth-order valence-electron chi connectivity index (χ4n) is 2.18. The molecule has 2 atom stereocenters. The van der Waals surface area contributed by atoms with Crippen molar-refractivity contribution in [2.75, 3.05) is 12.4 Å². The third kappa shape index (κ3) is 3.80. The van der Waals surface area contributed by atoms with E-state index in [9.17, 15) is 4.79 Å². The number of ether oxygens (including phenoxy) is 2. The quantitative estimate of drug-likeness (QED) is 0.617. The van der Waals surface area contributed by atoms with Gasteiger partial charge in [-0.3, -0.25) is 4.79 Å². The lowest BCUT2D eigenvalue weighted by atomic mass is 10.0. The van der Waals surface area contributed by atoms with Crippen LogP contribution in [-0.2, 0) is 4.79 Å². The Morgan fingerprint density at radius 2 is 2.20 bits per heavy atom. The first kappa shape index (κ1) is 17.0. The Morgan fingerprint density at radius 1 is 1.44 bits per heavy atom. The minimum atomic E-state index is -1.04. The fraction of sp³-hybridized carbons (Fsp3) is 0.312. The molecule has 1 N–H and O–H groups in total. The van der Waals surface area contributed by atoms with Crippen molar-refractivity contribution >= 4 is 23.3 Å². The summed E-state index contributed by atoms with van der Waals surface area (Å²) in [6, 6.07) is 9.10. The number of nitrogens with one attached hydrogen (secondary N) is 1. The molecule has 1 unspecified atom stereocenters.